The van der Waals surface area contributed by atoms with Crippen molar-refractivity contribution < 1.29 is 17.9 Å². The molecule has 1 unspecified atom stereocenters. The zero-order valence-electron chi connectivity index (χ0n) is 15.5. The minimum Gasteiger partial charge on any atom is -0.494 e. The first-order valence-corrected chi connectivity index (χ1v) is 10.7. The summed E-state index contributed by atoms with van der Waals surface area (Å²) >= 11 is 0. The van der Waals surface area contributed by atoms with Crippen LogP contribution >= 0.6 is 0 Å². The number of nitrogens with one attached hydrogen (secondary N) is 1. The lowest BCUT2D eigenvalue weighted by molar-refractivity contribution is 0.0940. The molecule has 1 atom stereocenters. The molecule has 7 heteroatoms. The predicted molar refractivity (Wildman–Crippen MR) is 106 cm³/mol. The summed E-state index contributed by atoms with van der Waals surface area (Å²) in [5.74, 6) is 0.701. The van der Waals surface area contributed by atoms with Gasteiger partial charge in [-0.05, 0) is 56.2 Å². The number of carbonyl (C=O) groups excluding carboxylic acids is 1. The van der Waals surface area contributed by atoms with Gasteiger partial charge in [0.05, 0.1) is 24.1 Å². The van der Waals surface area contributed by atoms with E-state index in [2.05, 4.69) is 5.32 Å². The highest BCUT2D eigenvalue weighted by Crippen LogP contribution is 2.25. The van der Waals surface area contributed by atoms with Crippen molar-refractivity contribution in [2.75, 3.05) is 23.2 Å². The summed E-state index contributed by atoms with van der Waals surface area (Å²) in [7, 11) is -3.27. The number of sulfonamides is 1. The molecule has 0 radical (unpaired) electrons. The van der Waals surface area contributed by atoms with Gasteiger partial charge in [0.1, 0.15) is 5.75 Å². The van der Waals surface area contributed by atoms with Crippen molar-refractivity contribution in [2.45, 2.75) is 26.3 Å². The molecule has 1 N–H and O–H groups in total. The molecule has 2 aromatic carbocycles. The van der Waals surface area contributed by atoms with Gasteiger partial charge in [-0.15, -0.1) is 0 Å². The number of benzene rings is 2. The number of ether oxygens (including phenoxy) is 1. The second kappa shape index (κ2) is 8.00. The lowest BCUT2D eigenvalue weighted by Crippen LogP contribution is -2.28. The average Bonchev–Trinajstić information content (AvgIpc) is 3.01. The van der Waals surface area contributed by atoms with Crippen LogP contribution in [0.2, 0.25) is 0 Å². The number of amides is 1. The Morgan fingerprint density at radius 3 is 2.59 bits per heavy atom. The maximum atomic E-state index is 12.6. The average molecular weight is 388 g/mol. The SMILES string of the molecule is CCOc1ccc(C(C)NC(=O)c2cccc(N3CCCS3(=O)=O)c2)cc1. The Hall–Kier alpha value is -2.54. The molecule has 1 aliphatic rings. The number of hydrogen-bond donors (Lipinski definition) is 1. The molecule has 1 amide bonds. The van der Waals surface area contributed by atoms with Crippen LogP contribution in [0.5, 0.6) is 5.75 Å². The van der Waals surface area contributed by atoms with Crippen molar-refractivity contribution >= 4 is 21.6 Å². The van der Waals surface area contributed by atoms with E-state index in [1.54, 1.807) is 24.3 Å². The summed E-state index contributed by atoms with van der Waals surface area (Å²) in [5, 5.41) is 2.95. The predicted octanol–water partition coefficient (Wildman–Crippen LogP) is 3.12. The number of rotatable bonds is 6. The Kier molecular flexibility index (Phi) is 5.70. The van der Waals surface area contributed by atoms with E-state index in [0.29, 0.717) is 30.8 Å². The second-order valence-electron chi connectivity index (χ2n) is 6.49. The van der Waals surface area contributed by atoms with Gasteiger partial charge < -0.3 is 10.1 Å². The lowest BCUT2D eigenvalue weighted by Gasteiger charge is -2.18. The maximum Gasteiger partial charge on any atom is 0.251 e. The molecular weight excluding hydrogens is 364 g/mol. The Balaban J connectivity index is 1.71. The second-order valence-corrected chi connectivity index (χ2v) is 8.50. The molecule has 1 saturated heterocycles. The molecule has 27 heavy (non-hydrogen) atoms. The molecule has 0 saturated carbocycles. The van der Waals surface area contributed by atoms with Gasteiger partial charge in [0.2, 0.25) is 10.0 Å². The van der Waals surface area contributed by atoms with Gasteiger partial charge in [-0.25, -0.2) is 8.42 Å². The molecule has 1 fully saturated rings. The standard InChI is InChI=1S/C20H24N2O4S/c1-3-26-19-10-8-16(9-11-19)15(2)21-20(23)17-6-4-7-18(14-17)22-12-5-13-27(22,24)25/h4,6-11,14-15H,3,5,12-13H2,1-2H3,(H,21,23). The number of carbonyl (C=O) groups is 1. The Morgan fingerprint density at radius 2 is 1.96 bits per heavy atom. The van der Waals surface area contributed by atoms with Crippen LogP contribution in [0.15, 0.2) is 48.5 Å². The van der Waals surface area contributed by atoms with E-state index in [0.717, 1.165) is 11.3 Å². The number of nitrogens with zero attached hydrogens (tertiary/aromatic N) is 1. The first-order valence-electron chi connectivity index (χ1n) is 9.05. The Morgan fingerprint density at radius 1 is 1.22 bits per heavy atom. The number of anilines is 1. The van der Waals surface area contributed by atoms with Gasteiger partial charge in [0, 0.05) is 12.1 Å². The fraction of sp³-hybridized carbons (Fsp3) is 0.350. The third kappa shape index (κ3) is 4.42. The first kappa shape index (κ1) is 19.2. The molecule has 6 nitrogen and oxygen atoms in total. The van der Waals surface area contributed by atoms with Gasteiger partial charge in [0.15, 0.2) is 0 Å². The minimum atomic E-state index is -3.27. The summed E-state index contributed by atoms with van der Waals surface area (Å²) < 4.78 is 31.0. The monoisotopic (exact) mass is 388 g/mol. The number of hydrogen-bond acceptors (Lipinski definition) is 4. The zero-order valence-corrected chi connectivity index (χ0v) is 16.3. The summed E-state index contributed by atoms with van der Waals surface area (Å²) in [6.07, 6.45) is 0.605. The van der Waals surface area contributed by atoms with Crippen LogP contribution in [-0.4, -0.2) is 33.2 Å². The van der Waals surface area contributed by atoms with Crippen molar-refractivity contribution in [1.82, 2.24) is 5.32 Å². The maximum absolute atomic E-state index is 12.6. The minimum absolute atomic E-state index is 0.151. The summed E-state index contributed by atoms with van der Waals surface area (Å²) in [6.45, 7) is 4.89. The summed E-state index contributed by atoms with van der Waals surface area (Å²) in [4.78, 5) is 12.6. The van der Waals surface area contributed by atoms with Gasteiger partial charge in [-0.2, -0.15) is 0 Å². The smallest absolute Gasteiger partial charge is 0.251 e. The van der Waals surface area contributed by atoms with Crippen LogP contribution in [-0.2, 0) is 10.0 Å². The van der Waals surface area contributed by atoms with Crippen LogP contribution in [0.25, 0.3) is 0 Å². The normalized spacial score (nSPS) is 16.7. The first-order chi connectivity index (χ1) is 12.9. The van der Waals surface area contributed by atoms with E-state index in [1.165, 1.54) is 4.31 Å². The van der Waals surface area contributed by atoms with E-state index in [4.69, 9.17) is 4.74 Å². The van der Waals surface area contributed by atoms with Crippen molar-refractivity contribution in [2.24, 2.45) is 0 Å². The van der Waals surface area contributed by atoms with E-state index in [-0.39, 0.29) is 17.7 Å². The van der Waals surface area contributed by atoms with Gasteiger partial charge >= 0.3 is 0 Å². The van der Waals surface area contributed by atoms with E-state index in [9.17, 15) is 13.2 Å². The van der Waals surface area contributed by atoms with E-state index < -0.39 is 10.0 Å². The quantitative estimate of drug-likeness (QED) is 0.825. The molecule has 0 aliphatic carbocycles. The molecule has 1 heterocycles. The third-order valence-electron chi connectivity index (χ3n) is 4.53. The molecule has 144 valence electrons. The van der Waals surface area contributed by atoms with Gasteiger partial charge in [-0.3, -0.25) is 9.10 Å². The summed E-state index contributed by atoms with van der Waals surface area (Å²) in [6, 6.07) is 14.1. The Bertz CT molecular complexity index is 910. The van der Waals surface area contributed by atoms with Crippen LogP contribution < -0.4 is 14.4 Å². The Labute approximate surface area is 160 Å². The van der Waals surface area contributed by atoms with Gasteiger partial charge in [-0.1, -0.05) is 18.2 Å². The van der Waals surface area contributed by atoms with Crippen LogP contribution in [0.3, 0.4) is 0 Å². The fourth-order valence-electron chi connectivity index (χ4n) is 3.11. The van der Waals surface area contributed by atoms with Gasteiger partial charge in [0.25, 0.3) is 5.91 Å². The highest BCUT2D eigenvalue weighted by molar-refractivity contribution is 7.93. The molecule has 0 aromatic heterocycles. The molecule has 0 spiro atoms. The molecular formula is C20H24N2O4S. The molecule has 1 aliphatic heterocycles. The fourth-order valence-corrected chi connectivity index (χ4v) is 4.67. The van der Waals surface area contributed by atoms with Crippen molar-refractivity contribution in [1.29, 1.82) is 0 Å². The highest BCUT2D eigenvalue weighted by Gasteiger charge is 2.28. The highest BCUT2D eigenvalue weighted by atomic mass is 32.2. The summed E-state index contributed by atoms with van der Waals surface area (Å²) in [5.41, 5.74) is 1.94. The van der Waals surface area contributed by atoms with Crippen LogP contribution in [0, 0.1) is 0 Å². The van der Waals surface area contributed by atoms with Crippen molar-refractivity contribution in [3.8, 4) is 5.75 Å². The van der Waals surface area contributed by atoms with Crippen LogP contribution in [0.1, 0.15) is 42.2 Å². The van der Waals surface area contributed by atoms with E-state index in [1.807, 2.05) is 38.1 Å². The van der Waals surface area contributed by atoms with Crippen LogP contribution in [0.4, 0.5) is 5.69 Å². The van der Waals surface area contributed by atoms with Crippen molar-refractivity contribution in [3.63, 3.8) is 0 Å². The molecule has 3 rings (SSSR count). The zero-order chi connectivity index (χ0) is 19.4. The third-order valence-corrected chi connectivity index (χ3v) is 6.40. The topological polar surface area (TPSA) is 75.7 Å². The molecule has 0 bridgehead atoms. The molecule has 2 aromatic rings. The van der Waals surface area contributed by atoms with E-state index >= 15 is 0 Å². The lowest BCUT2D eigenvalue weighted by atomic mass is 10.1. The largest absolute Gasteiger partial charge is 0.494 e. The van der Waals surface area contributed by atoms with Crippen molar-refractivity contribution in [3.05, 3.63) is 59.7 Å².